The zero-order chi connectivity index (χ0) is 18.1. The molecule has 0 radical (unpaired) electrons. The number of H-pyrrole nitrogens is 1. The van der Waals surface area contributed by atoms with Crippen molar-refractivity contribution in [1.82, 2.24) is 20.2 Å². The van der Waals surface area contributed by atoms with Gasteiger partial charge in [0.05, 0.1) is 5.56 Å². The van der Waals surface area contributed by atoms with E-state index in [1.54, 1.807) is 19.1 Å². The molecule has 0 aliphatic carbocycles. The molecule has 0 saturated heterocycles. The predicted octanol–water partition coefficient (Wildman–Crippen LogP) is 3.21. The normalized spacial score (nSPS) is 10.8. The van der Waals surface area contributed by atoms with Crippen LogP contribution in [0.3, 0.4) is 0 Å². The van der Waals surface area contributed by atoms with Crippen molar-refractivity contribution in [2.75, 3.05) is 5.32 Å². The number of nitrogens with zero attached hydrogens (tertiary/aromatic N) is 3. The molecule has 0 atom stereocenters. The van der Waals surface area contributed by atoms with E-state index in [1.165, 1.54) is 0 Å². The molecule has 0 aliphatic heterocycles. The highest BCUT2D eigenvalue weighted by molar-refractivity contribution is 6.06. The minimum atomic E-state index is -1.38. The quantitative estimate of drug-likeness (QED) is 0.559. The molecule has 2 N–H and O–H groups in total. The maximum Gasteiger partial charge on any atom is 0.233 e. The van der Waals surface area contributed by atoms with Crippen LogP contribution in [0.4, 0.5) is 24.8 Å². The fourth-order valence-electron chi connectivity index (χ4n) is 2.16. The standard InChI is InChI=1S/C16H12F3N5O/c1-7-3-13(21-14-4-8(2)23-24-14)22-16(20-7)15(25)9-5-11(18)12(19)6-10(9)17/h3-6H,1-2H3,(H2,20,21,22,23,24). The van der Waals surface area contributed by atoms with Crippen molar-refractivity contribution < 1.29 is 18.0 Å². The van der Waals surface area contributed by atoms with E-state index in [9.17, 15) is 18.0 Å². The van der Waals surface area contributed by atoms with Gasteiger partial charge >= 0.3 is 0 Å². The number of aryl methyl sites for hydroxylation is 2. The number of nitrogens with one attached hydrogen (secondary N) is 2. The molecule has 1 aromatic carbocycles. The van der Waals surface area contributed by atoms with Crippen LogP contribution >= 0.6 is 0 Å². The molecule has 0 aliphatic rings. The number of aromatic nitrogens is 4. The number of carbonyl (C=O) groups is 1. The maximum absolute atomic E-state index is 13.8. The Morgan fingerprint density at radius 1 is 0.960 bits per heavy atom. The monoisotopic (exact) mass is 347 g/mol. The van der Waals surface area contributed by atoms with Crippen LogP contribution in [0, 0.1) is 31.3 Å². The number of halogens is 3. The summed E-state index contributed by atoms with van der Waals surface area (Å²) >= 11 is 0. The van der Waals surface area contributed by atoms with E-state index in [1.807, 2.05) is 6.92 Å². The number of rotatable bonds is 4. The van der Waals surface area contributed by atoms with Crippen molar-refractivity contribution >= 4 is 17.4 Å². The number of benzene rings is 1. The summed E-state index contributed by atoms with van der Waals surface area (Å²) in [4.78, 5) is 20.3. The third-order valence-electron chi connectivity index (χ3n) is 3.27. The lowest BCUT2D eigenvalue weighted by atomic mass is 10.1. The zero-order valence-electron chi connectivity index (χ0n) is 13.2. The minimum Gasteiger partial charge on any atom is -0.323 e. The van der Waals surface area contributed by atoms with Crippen molar-refractivity contribution in [3.8, 4) is 0 Å². The van der Waals surface area contributed by atoms with Gasteiger partial charge in [0.2, 0.25) is 11.6 Å². The predicted molar refractivity (Wildman–Crippen MR) is 83.1 cm³/mol. The molecule has 0 bridgehead atoms. The summed E-state index contributed by atoms with van der Waals surface area (Å²) in [5.41, 5.74) is 0.593. The van der Waals surface area contributed by atoms with Gasteiger partial charge in [0.25, 0.3) is 0 Å². The molecule has 0 amide bonds. The lowest BCUT2D eigenvalue weighted by Crippen LogP contribution is -2.12. The number of anilines is 2. The van der Waals surface area contributed by atoms with E-state index in [2.05, 4.69) is 25.5 Å². The highest BCUT2D eigenvalue weighted by Gasteiger charge is 2.21. The van der Waals surface area contributed by atoms with E-state index < -0.39 is 28.8 Å². The van der Waals surface area contributed by atoms with Gasteiger partial charge in [-0.05, 0) is 19.9 Å². The number of hydrogen-bond acceptors (Lipinski definition) is 5. The summed E-state index contributed by atoms with van der Waals surface area (Å²) in [6, 6.07) is 4.07. The molecule has 128 valence electrons. The molecule has 9 heteroatoms. The van der Waals surface area contributed by atoms with Gasteiger partial charge in [-0.3, -0.25) is 9.89 Å². The number of aromatic amines is 1. The Bertz CT molecular complexity index is 970. The maximum atomic E-state index is 13.8. The first-order valence-corrected chi connectivity index (χ1v) is 7.17. The summed E-state index contributed by atoms with van der Waals surface area (Å²) in [7, 11) is 0. The third-order valence-corrected chi connectivity index (χ3v) is 3.27. The highest BCUT2D eigenvalue weighted by Crippen LogP contribution is 2.19. The summed E-state index contributed by atoms with van der Waals surface area (Å²) in [5.74, 6) is -4.48. The largest absolute Gasteiger partial charge is 0.323 e. The van der Waals surface area contributed by atoms with Gasteiger partial charge in [0.1, 0.15) is 11.6 Å². The Labute approximate surface area is 140 Å². The lowest BCUT2D eigenvalue weighted by molar-refractivity contribution is 0.102. The summed E-state index contributed by atoms with van der Waals surface area (Å²) in [6.45, 7) is 3.42. The van der Waals surface area contributed by atoms with Crippen LogP contribution in [-0.2, 0) is 0 Å². The molecule has 0 saturated carbocycles. The Kier molecular flexibility index (Phi) is 4.22. The summed E-state index contributed by atoms with van der Waals surface area (Å²) in [6.07, 6.45) is 0. The second kappa shape index (κ2) is 6.34. The number of hydrogen-bond donors (Lipinski definition) is 2. The lowest BCUT2D eigenvalue weighted by Gasteiger charge is -2.07. The van der Waals surface area contributed by atoms with Crippen LogP contribution in [-0.4, -0.2) is 25.9 Å². The van der Waals surface area contributed by atoms with E-state index in [4.69, 9.17) is 0 Å². The zero-order valence-corrected chi connectivity index (χ0v) is 13.2. The molecule has 0 unspecified atom stereocenters. The van der Waals surface area contributed by atoms with Crippen LogP contribution in [0.1, 0.15) is 27.6 Å². The van der Waals surface area contributed by atoms with E-state index in [0.717, 1.165) is 5.69 Å². The third kappa shape index (κ3) is 3.49. The van der Waals surface area contributed by atoms with Crippen LogP contribution in [0.5, 0.6) is 0 Å². The van der Waals surface area contributed by atoms with Crippen molar-refractivity contribution in [1.29, 1.82) is 0 Å². The van der Waals surface area contributed by atoms with Crippen LogP contribution < -0.4 is 5.32 Å². The highest BCUT2D eigenvalue weighted by atomic mass is 19.2. The molecule has 0 fully saturated rings. The molecule has 6 nitrogen and oxygen atoms in total. The summed E-state index contributed by atoms with van der Waals surface area (Å²) < 4.78 is 40.1. The fraction of sp³-hybridized carbons (Fsp3) is 0.125. The Morgan fingerprint density at radius 2 is 1.68 bits per heavy atom. The SMILES string of the molecule is Cc1cc(Nc2cc(C)[nH]n2)nc(C(=O)c2cc(F)c(F)cc2F)n1. The van der Waals surface area contributed by atoms with Gasteiger partial charge in [-0.15, -0.1) is 0 Å². The van der Waals surface area contributed by atoms with E-state index >= 15 is 0 Å². The molecule has 3 aromatic rings. The van der Waals surface area contributed by atoms with Gasteiger partial charge in [-0.1, -0.05) is 0 Å². The number of ketones is 1. The average Bonchev–Trinajstić information content (AvgIpc) is 2.94. The first-order valence-electron chi connectivity index (χ1n) is 7.17. The minimum absolute atomic E-state index is 0.255. The van der Waals surface area contributed by atoms with Crippen molar-refractivity contribution in [2.45, 2.75) is 13.8 Å². The molecule has 3 rings (SSSR count). The molecular formula is C16H12F3N5O. The van der Waals surface area contributed by atoms with Gasteiger partial charge in [0, 0.05) is 29.6 Å². The van der Waals surface area contributed by atoms with Gasteiger partial charge in [0.15, 0.2) is 17.5 Å². The Morgan fingerprint density at radius 3 is 2.36 bits per heavy atom. The Balaban J connectivity index is 1.97. The molecule has 2 heterocycles. The van der Waals surface area contributed by atoms with Crippen molar-refractivity contribution in [2.24, 2.45) is 0 Å². The van der Waals surface area contributed by atoms with Crippen molar-refractivity contribution in [3.63, 3.8) is 0 Å². The average molecular weight is 347 g/mol. The molecule has 2 aromatic heterocycles. The fourth-order valence-corrected chi connectivity index (χ4v) is 2.16. The van der Waals surface area contributed by atoms with Gasteiger partial charge in [-0.25, -0.2) is 23.1 Å². The first kappa shape index (κ1) is 16.6. The van der Waals surface area contributed by atoms with Gasteiger partial charge in [-0.2, -0.15) is 5.10 Å². The van der Waals surface area contributed by atoms with Crippen LogP contribution in [0.15, 0.2) is 24.3 Å². The van der Waals surface area contributed by atoms with Gasteiger partial charge < -0.3 is 5.32 Å². The van der Waals surface area contributed by atoms with E-state index in [0.29, 0.717) is 23.6 Å². The smallest absolute Gasteiger partial charge is 0.233 e. The molecule has 25 heavy (non-hydrogen) atoms. The summed E-state index contributed by atoms with van der Waals surface area (Å²) in [5, 5.41) is 9.59. The second-order valence-corrected chi connectivity index (χ2v) is 5.35. The first-order chi connectivity index (χ1) is 11.8. The Hall–Kier alpha value is -3.23. The van der Waals surface area contributed by atoms with Crippen LogP contribution in [0.2, 0.25) is 0 Å². The molecule has 0 spiro atoms. The topological polar surface area (TPSA) is 83.6 Å². The van der Waals surface area contributed by atoms with Crippen molar-refractivity contribution in [3.05, 3.63) is 64.5 Å². The van der Waals surface area contributed by atoms with E-state index in [-0.39, 0.29) is 11.6 Å². The second-order valence-electron chi connectivity index (χ2n) is 5.35. The molecular weight excluding hydrogens is 335 g/mol. The number of carbonyl (C=O) groups excluding carboxylic acids is 1. The van der Waals surface area contributed by atoms with Crippen LogP contribution in [0.25, 0.3) is 0 Å².